The Morgan fingerprint density at radius 2 is 0.633 bits per heavy atom. The quantitative estimate of drug-likeness (QED) is 0.0927. The van der Waals surface area contributed by atoms with Crippen molar-refractivity contribution in [2.45, 2.75) is 52.6 Å². The second-order valence-electron chi connectivity index (χ2n) is 11.5. The van der Waals surface area contributed by atoms with E-state index in [0.717, 1.165) is 13.0 Å². The van der Waals surface area contributed by atoms with Crippen LogP contribution < -0.4 is 5.32 Å². The molecule has 0 aromatic rings. The van der Waals surface area contributed by atoms with Gasteiger partial charge in [0.1, 0.15) is 5.60 Å². The first-order chi connectivity index (χ1) is 24.0. The fraction of sp³-hybridized carbons (Fsp3) is 0.971. The van der Waals surface area contributed by atoms with Gasteiger partial charge in [0.15, 0.2) is 0 Å². The normalized spacial score (nSPS) is 11.8. The van der Waals surface area contributed by atoms with Crippen molar-refractivity contribution in [1.82, 2.24) is 5.32 Å². The van der Waals surface area contributed by atoms with E-state index < -0.39 is 11.7 Å². The molecule has 15 nitrogen and oxygen atoms in total. The average molecular weight is 716 g/mol. The predicted octanol–water partition coefficient (Wildman–Crippen LogP) is 2.90. The molecule has 0 saturated heterocycles. The summed E-state index contributed by atoms with van der Waals surface area (Å²) >= 11 is 0. The number of ether oxygens (including phenoxy) is 13. The molecule has 294 valence electrons. The molecular formula is C34H69NO14. The topological polar surface area (TPSA) is 149 Å². The van der Waals surface area contributed by atoms with Crippen LogP contribution in [-0.2, 0) is 61.6 Å². The molecular weight excluding hydrogens is 646 g/mol. The number of carbonyl (C=O) groups is 1. The van der Waals surface area contributed by atoms with Gasteiger partial charge in [0.25, 0.3) is 0 Å². The standard InChI is InChI=1S/C34H69NO14/c1-5-6-7-9-37-11-13-39-15-17-41-19-21-43-23-25-45-27-29-47-31-32-48-30-28-46-26-24-44-22-20-42-18-16-40-14-12-38-10-8-35-33(36)49-34(2,3)4/h5-32H2,1-4H3,(H,35,36). The third-order valence-electron chi connectivity index (χ3n) is 5.90. The molecule has 0 spiro atoms. The van der Waals surface area contributed by atoms with Gasteiger partial charge in [0.2, 0.25) is 0 Å². The zero-order valence-electron chi connectivity index (χ0n) is 31.0. The predicted molar refractivity (Wildman–Crippen MR) is 184 cm³/mol. The van der Waals surface area contributed by atoms with Gasteiger partial charge in [-0.1, -0.05) is 19.8 Å². The van der Waals surface area contributed by atoms with E-state index in [1.807, 2.05) is 20.8 Å². The van der Waals surface area contributed by atoms with Crippen molar-refractivity contribution in [2.75, 3.05) is 165 Å². The van der Waals surface area contributed by atoms with Crippen molar-refractivity contribution in [3.8, 4) is 0 Å². The number of amides is 1. The second kappa shape index (κ2) is 39.6. The van der Waals surface area contributed by atoms with Gasteiger partial charge in [-0.25, -0.2) is 4.79 Å². The lowest BCUT2D eigenvalue weighted by Gasteiger charge is -2.19. The van der Waals surface area contributed by atoms with E-state index in [4.69, 9.17) is 61.6 Å². The van der Waals surface area contributed by atoms with Crippen LogP contribution in [0, 0.1) is 0 Å². The SMILES string of the molecule is CCCCCOCCOCCOCCOCCOCCOCCOCCOCCOCCOCCOCCOCCNC(=O)OC(C)(C)C. The summed E-state index contributed by atoms with van der Waals surface area (Å²) < 4.78 is 70.7. The average Bonchev–Trinajstić information content (AvgIpc) is 3.06. The molecule has 0 bridgehead atoms. The van der Waals surface area contributed by atoms with Gasteiger partial charge in [-0.15, -0.1) is 0 Å². The molecule has 15 heteroatoms. The van der Waals surface area contributed by atoms with Crippen LogP contribution in [0.25, 0.3) is 0 Å². The molecule has 0 saturated carbocycles. The highest BCUT2D eigenvalue weighted by Crippen LogP contribution is 2.06. The number of unbranched alkanes of at least 4 members (excludes halogenated alkanes) is 2. The van der Waals surface area contributed by atoms with E-state index in [0.29, 0.717) is 159 Å². The largest absolute Gasteiger partial charge is 0.444 e. The maximum atomic E-state index is 11.5. The summed E-state index contributed by atoms with van der Waals surface area (Å²) in [5.74, 6) is 0. The number of alkyl carbamates (subject to hydrolysis) is 1. The third kappa shape index (κ3) is 44.8. The summed E-state index contributed by atoms with van der Waals surface area (Å²) in [5, 5.41) is 2.63. The molecule has 0 radical (unpaired) electrons. The van der Waals surface area contributed by atoms with Crippen LogP contribution in [0.5, 0.6) is 0 Å². The molecule has 0 atom stereocenters. The first-order valence-electron chi connectivity index (χ1n) is 17.9. The maximum Gasteiger partial charge on any atom is 0.407 e. The highest BCUT2D eigenvalue weighted by Gasteiger charge is 2.15. The summed E-state index contributed by atoms with van der Waals surface area (Å²) in [4.78, 5) is 11.5. The van der Waals surface area contributed by atoms with Gasteiger partial charge in [0, 0.05) is 13.2 Å². The Kier molecular flexibility index (Phi) is 38.6. The Morgan fingerprint density at radius 1 is 0.388 bits per heavy atom. The molecule has 49 heavy (non-hydrogen) atoms. The third-order valence-corrected chi connectivity index (χ3v) is 5.90. The minimum Gasteiger partial charge on any atom is -0.444 e. The second-order valence-corrected chi connectivity index (χ2v) is 11.5. The Hall–Kier alpha value is -1.21. The zero-order chi connectivity index (χ0) is 35.8. The number of hydrogen-bond donors (Lipinski definition) is 1. The van der Waals surface area contributed by atoms with E-state index >= 15 is 0 Å². The zero-order valence-corrected chi connectivity index (χ0v) is 31.0. The lowest BCUT2D eigenvalue weighted by atomic mass is 10.2. The van der Waals surface area contributed by atoms with Crippen LogP contribution in [0.15, 0.2) is 0 Å². The molecule has 0 fully saturated rings. The fourth-order valence-electron chi connectivity index (χ4n) is 3.51. The number of hydrogen-bond acceptors (Lipinski definition) is 14. The number of nitrogens with one attached hydrogen (secondary N) is 1. The van der Waals surface area contributed by atoms with Crippen LogP contribution in [0.3, 0.4) is 0 Å². The van der Waals surface area contributed by atoms with E-state index in [9.17, 15) is 4.79 Å². The molecule has 0 rings (SSSR count). The van der Waals surface area contributed by atoms with Crippen molar-refractivity contribution >= 4 is 6.09 Å². The monoisotopic (exact) mass is 715 g/mol. The lowest BCUT2D eigenvalue weighted by molar-refractivity contribution is -0.0283. The van der Waals surface area contributed by atoms with E-state index in [2.05, 4.69) is 12.2 Å². The van der Waals surface area contributed by atoms with Gasteiger partial charge < -0.3 is 66.9 Å². The molecule has 1 N–H and O–H groups in total. The first-order valence-corrected chi connectivity index (χ1v) is 17.9. The fourth-order valence-corrected chi connectivity index (χ4v) is 3.51. The van der Waals surface area contributed by atoms with E-state index in [-0.39, 0.29) is 0 Å². The molecule has 0 aliphatic heterocycles. The van der Waals surface area contributed by atoms with Gasteiger partial charge >= 0.3 is 6.09 Å². The molecule has 0 aromatic carbocycles. The number of carbonyl (C=O) groups excluding carboxylic acids is 1. The minimum atomic E-state index is -0.511. The summed E-state index contributed by atoms with van der Waals surface area (Å²) in [6.45, 7) is 20.5. The Balaban J connectivity index is 3.09. The molecule has 0 aliphatic rings. The van der Waals surface area contributed by atoms with Gasteiger partial charge in [0.05, 0.1) is 152 Å². The molecule has 1 amide bonds. The minimum absolute atomic E-state index is 0.383. The Labute approximate surface area is 295 Å². The number of rotatable bonds is 40. The molecule has 0 aromatic heterocycles. The summed E-state index contributed by atoms with van der Waals surface area (Å²) in [7, 11) is 0. The van der Waals surface area contributed by atoms with Crippen molar-refractivity contribution in [3.05, 3.63) is 0 Å². The van der Waals surface area contributed by atoms with Crippen molar-refractivity contribution in [3.63, 3.8) is 0 Å². The smallest absolute Gasteiger partial charge is 0.407 e. The maximum absolute atomic E-state index is 11.5. The van der Waals surface area contributed by atoms with Crippen LogP contribution in [0.2, 0.25) is 0 Å². The van der Waals surface area contributed by atoms with Gasteiger partial charge in [-0.05, 0) is 27.2 Å². The summed E-state index contributed by atoms with van der Waals surface area (Å²) in [6, 6.07) is 0. The van der Waals surface area contributed by atoms with E-state index in [1.165, 1.54) is 12.8 Å². The van der Waals surface area contributed by atoms with Crippen LogP contribution in [0.4, 0.5) is 4.79 Å². The lowest BCUT2D eigenvalue weighted by Crippen LogP contribution is -2.34. The molecule has 0 unspecified atom stereocenters. The van der Waals surface area contributed by atoms with Crippen molar-refractivity contribution < 1.29 is 66.4 Å². The highest BCUT2D eigenvalue weighted by atomic mass is 16.6. The highest BCUT2D eigenvalue weighted by molar-refractivity contribution is 5.67. The Bertz CT molecular complexity index is 657. The first kappa shape index (κ1) is 47.8. The Morgan fingerprint density at radius 3 is 0.878 bits per heavy atom. The van der Waals surface area contributed by atoms with Crippen molar-refractivity contribution in [2.24, 2.45) is 0 Å². The van der Waals surface area contributed by atoms with Crippen molar-refractivity contribution in [1.29, 1.82) is 0 Å². The molecule has 0 heterocycles. The van der Waals surface area contributed by atoms with Crippen LogP contribution >= 0.6 is 0 Å². The summed E-state index contributed by atoms with van der Waals surface area (Å²) in [5.41, 5.74) is -0.511. The molecule has 0 aliphatic carbocycles. The van der Waals surface area contributed by atoms with Crippen LogP contribution in [0.1, 0.15) is 47.0 Å². The van der Waals surface area contributed by atoms with Gasteiger partial charge in [-0.3, -0.25) is 0 Å². The van der Waals surface area contributed by atoms with E-state index in [1.54, 1.807) is 0 Å². The summed E-state index contributed by atoms with van der Waals surface area (Å²) in [6.07, 6.45) is 3.08. The van der Waals surface area contributed by atoms with Crippen LogP contribution in [-0.4, -0.2) is 177 Å². The van der Waals surface area contributed by atoms with Gasteiger partial charge in [-0.2, -0.15) is 0 Å².